The molecule has 4 rings (SSSR count). The Bertz CT molecular complexity index is 1060. The zero-order valence-electron chi connectivity index (χ0n) is 19.1. The predicted octanol–water partition coefficient (Wildman–Crippen LogP) is 4.45. The van der Waals surface area contributed by atoms with E-state index in [1.165, 1.54) is 0 Å². The number of rotatable bonds is 8. The maximum Gasteiger partial charge on any atom is 0.408 e. The van der Waals surface area contributed by atoms with Gasteiger partial charge in [0.25, 0.3) is 0 Å². The first-order valence-corrected chi connectivity index (χ1v) is 11.8. The molecular weight excluding hydrogens is 458 g/mol. The summed E-state index contributed by atoms with van der Waals surface area (Å²) in [6, 6.07) is 14.0. The molecule has 2 aromatic carbocycles. The molecule has 0 saturated heterocycles. The average Bonchev–Trinajstić information content (AvgIpc) is 3.16. The van der Waals surface area contributed by atoms with Crippen molar-refractivity contribution in [2.24, 2.45) is 0 Å². The smallest absolute Gasteiger partial charge is 0.408 e. The van der Waals surface area contributed by atoms with Gasteiger partial charge in [0, 0.05) is 12.3 Å². The third kappa shape index (κ3) is 5.28. The van der Waals surface area contributed by atoms with Crippen LogP contribution in [0.25, 0.3) is 11.1 Å². The van der Waals surface area contributed by atoms with Gasteiger partial charge in [-0.1, -0.05) is 67.8 Å². The lowest BCUT2D eigenvalue weighted by Crippen LogP contribution is -2.62. The molecule has 1 atom stereocenters. The number of carboxylic acids is 1. The highest BCUT2D eigenvalue weighted by atomic mass is 19.3. The molecule has 1 saturated carbocycles. The Hall–Kier alpha value is -3.49. The molecule has 3 N–H and O–H groups in total. The van der Waals surface area contributed by atoms with Gasteiger partial charge in [0.05, 0.1) is 0 Å². The van der Waals surface area contributed by atoms with Crippen LogP contribution in [-0.2, 0) is 14.3 Å². The van der Waals surface area contributed by atoms with Crippen LogP contribution in [0.1, 0.15) is 55.6 Å². The molecule has 2 aromatic rings. The number of carbonyl (C=O) groups is 3. The van der Waals surface area contributed by atoms with E-state index in [0.29, 0.717) is 12.8 Å². The first-order valence-electron chi connectivity index (χ1n) is 11.8. The van der Waals surface area contributed by atoms with E-state index in [2.05, 4.69) is 10.6 Å². The Labute approximate surface area is 201 Å². The average molecular weight is 487 g/mol. The van der Waals surface area contributed by atoms with E-state index in [9.17, 15) is 28.3 Å². The van der Waals surface area contributed by atoms with E-state index in [0.717, 1.165) is 28.7 Å². The van der Waals surface area contributed by atoms with Gasteiger partial charge >= 0.3 is 12.1 Å². The molecule has 35 heavy (non-hydrogen) atoms. The lowest BCUT2D eigenvalue weighted by atomic mass is 9.80. The quantitative estimate of drug-likeness (QED) is 0.511. The van der Waals surface area contributed by atoms with Crippen molar-refractivity contribution in [1.29, 1.82) is 0 Å². The van der Waals surface area contributed by atoms with Crippen molar-refractivity contribution in [3.8, 4) is 11.1 Å². The maximum atomic E-state index is 13.1. The highest BCUT2D eigenvalue weighted by molar-refractivity contribution is 5.93. The Balaban J connectivity index is 1.46. The number of ether oxygens (including phenoxy) is 1. The van der Waals surface area contributed by atoms with Crippen LogP contribution in [-0.4, -0.2) is 47.7 Å². The number of aliphatic carboxylic acids is 1. The molecule has 0 spiro atoms. The second kappa shape index (κ2) is 10.4. The lowest BCUT2D eigenvalue weighted by molar-refractivity contribution is -0.144. The number of nitrogens with one attached hydrogen (secondary N) is 2. The number of fused-ring (bicyclic) bond motifs is 3. The van der Waals surface area contributed by atoms with Crippen molar-refractivity contribution >= 4 is 18.0 Å². The molecule has 2 aliphatic rings. The standard InChI is InChI=1S/C26H28F2N2O5/c27-22(28)14-21(23(31)32)29-24(33)26(12-6-1-7-13-26)30-25(34)35-15-20-18-10-4-2-8-16(18)17-9-3-5-11-19(17)20/h2-5,8-11,20-22H,1,6-7,12-15H2,(H,29,33)(H,30,34)(H,31,32). The summed E-state index contributed by atoms with van der Waals surface area (Å²) in [5.74, 6) is -2.49. The number of hydrogen-bond acceptors (Lipinski definition) is 4. The lowest BCUT2D eigenvalue weighted by Gasteiger charge is -2.37. The van der Waals surface area contributed by atoms with E-state index in [-0.39, 0.29) is 25.4 Å². The van der Waals surface area contributed by atoms with Crippen molar-refractivity contribution in [1.82, 2.24) is 10.6 Å². The Morgan fingerprint density at radius 2 is 1.54 bits per heavy atom. The first-order chi connectivity index (χ1) is 16.8. The third-order valence-electron chi connectivity index (χ3n) is 6.84. The number of carboxylic acid groups (broad SMARTS) is 1. The van der Waals surface area contributed by atoms with Gasteiger partial charge in [-0.2, -0.15) is 0 Å². The summed E-state index contributed by atoms with van der Waals surface area (Å²) in [4.78, 5) is 37.3. The number of hydrogen-bond donors (Lipinski definition) is 3. The van der Waals surface area contributed by atoms with Crippen LogP contribution in [0.3, 0.4) is 0 Å². The number of carbonyl (C=O) groups excluding carboxylic acids is 2. The fourth-order valence-corrected chi connectivity index (χ4v) is 5.09. The van der Waals surface area contributed by atoms with Crippen LogP contribution >= 0.6 is 0 Å². The molecule has 0 radical (unpaired) electrons. The largest absolute Gasteiger partial charge is 0.480 e. The zero-order chi connectivity index (χ0) is 25.0. The first kappa shape index (κ1) is 24.6. The van der Waals surface area contributed by atoms with Gasteiger partial charge in [0.1, 0.15) is 18.2 Å². The fraction of sp³-hybridized carbons (Fsp3) is 0.423. The molecule has 2 aliphatic carbocycles. The summed E-state index contributed by atoms with van der Waals surface area (Å²) in [6.07, 6.45) is -2.07. The second-order valence-electron chi connectivity index (χ2n) is 9.08. The van der Waals surface area contributed by atoms with Crippen LogP contribution in [0.4, 0.5) is 13.6 Å². The van der Waals surface area contributed by atoms with Gasteiger partial charge in [0.2, 0.25) is 12.3 Å². The Morgan fingerprint density at radius 1 is 0.971 bits per heavy atom. The van der Waals surface area contributed by atoms with E-state index in [4.69, 9.17) is 4.74 Å². The van der Waals surface area contributed by atoms with Gasteiger partial charge in [-0.3, -0.25) is 4.79 Å². The molecule has 0 aromatic heterocycles. The monoisotopic (exact) mass is 486 g/mol. The minimum atomic E-state index is -2.89. The van der Waals surface area contributed by atoms with Gasteiger partial charge in [-0.05, 0) is 35.1 Å². The number of alkyl halides is 2. The van der Waals surface area contributed by atoms with Crippen molar-refractivity contribution in [2.75, 3.05) is 6.61 Å². The van der Waals surface area contributed by atoms with Gasteiger partial charge in [-0.15, -0.1) is 0 Å². The molecule has 7 nitrogen and oxygen atoms in total. The number of alkyl carbamates (subject to hydrolysis) is 1. The van der Waals surface area contributed by atoms with Crippen LogP contribution in [0, 0.1) is 0 Å². The van der Waals surface area contributed by atoms with Gasteiger partial charge in [0.15, 0.2) is 0 Å². The van der Waals surface area contributed by atoms with E-state index >= 15 is 0 Å². The summed E-state index contributed by atoms with van der Waals surface area (Å²) in [5.41, 5.74) is 2.85. The van der Waals surface area contributed by atoms with Crippen LogP contribution in [0.5, 0.6) is 0 Å². The summed E-state index contributed by atoms with van der Waals surface area (Å²) >= 11 is 0. The molecule has 1 unspecified atom stereocenters. The molecule has 0 heterocycles. The van der Waals surface area contributed by atoms with E-state index in [1.807, 2.05) is 48.5 Å². The number of benzene rings is 2. The van der Waals surface area contributed by atoms with Gasteiger partial charge in [-0.25, -0.2) is 18.4 Å². The highest BCUT2D eigenvalue weighted by Gasteiger charge is 2.43. The normalized spacial score (nSPS) is 17.2. The maximum absolute atomic E-state index is 13.1. The van der Waals surface area contributed by atoms with Crippen LogP contribution in [0.2, 0.25) is 0 Å². The molecular formula is C26H28F2N2O5. The van der Waals surface area contributed by atoms with E-state index in [1.54, 1.807) is 0 Å². The third-order valence-corrected chi connectivity index (χ3v) is 6.84. The molecule has 0 bridgehead atoms. The summed E-state index contributed by atoms with van der Waals surface area (Å²) < 4.78 is 31.2. The Morgan fingerprint density at radius 3 is 2.09 bits per heavy atom. The number of halogens is 2. The SMILES string of the molecule is O=C(NC1(C(=O)NC(CC(F)F)C(=O)O)CCCCC1)OCC1c2ccccc2-c2ccccc21. The Kier molecular flexibility index (Phi) is 7.33. The molecule has 0 aliphatic heterocycles. The summed E-state index contributed by atoms with van der Waals surface area (Å²) in [5, 5.41) is 14.1. The minimum absolute atomic E-state index is 0.0562. The minimum Gasteiger partial charge on any atom is -0.480 e. The van der Waals surface area contributed by atoms with E-state index < -0.39 is 42.4 Å². The molecule has 1 fully saturated rings. The van der Waals surface area contributed by atoms with Crippen LogP contribution < -0.4 is 10.6 Å². The predicted molar refractivity (Wildman–Crippen MR) is 124 cm³/mol. The van der Waals surface area contributed by atoms with Crippen LogP contribution in [0.15, 0.2) is 48.5 Å². The topological polar surface area (TPSA) is 105 Å². The molecule has 2 amide bonds. The van der Waals surface area contributed by atoms with Crippen molar-refractivity contribution in [2.45, 2.75) is 62.4 Å². The number of amides is 2. The zero-order valence-corrected chi connectivity index (χ0v) is 19.1. The second-order valence-corrected chi connectivity index (χ2v) is 9.08. The molecule has 9 heteroatoms. The van der Waals surface area contributed by atoms with Crippen molar-refractivity contribution < 1.29 is 33.0 Å². The molecule has 186 valence electrons. The summed E-state index contributed by atoms with van der Waals surface area (Å²) in [7, 11) is 0. The highest BCUT2D eigenvalue weighted by Crippen LogP contribution is 2.44. The summed E-state index contributed by atoms with van der Waals surface area (Å²) in [6.45, 7) is 0.0562. The fourth-order valence-electron chi connectivity index (χ4n) is 5.09. The van der Waals surface area contributed by atoms with Crippen molar-refractivity contribution in [3.63, 3.8) is 0 Å². The van der Waals surface area contributed by atoms with Crippen molar-refractivity contribution in [3.05, 3.63) is 59.7 Å². The van der Waals surface area contributed by atoms with Gasteiger partial charge < -0.3 is 20.5 Å².